The van der Waals surface area contributed by atoms with Crippen LogP contribution in [0, 0.1) is 5.82 Å². The van der Waals surface area contributed by atoms with Crippen LogP contribution in [-0.4, -0.2) is 64.3 Å². The van der Waals surface area contributed by atoms with Crippen LogP contribution in [0.3, 0.4) is 0 Å². The van der Waals surface area contributed by atoms with Crippen LogP contribution in [0.15, 0.2) is 30.5 Å². The number of carbonyl (C=O) groups excluding carboxylic acids is 1. The maximum atomic E-state index is 14.8. The second kappa shape index (κ2) is 13.5. The van der Waals surface area contributed by atoms with Gasteiger partial charge in [0.15, 0.2) is 11.6 Å². The molecule has 0 spiro atoms. The van der Waals surface area contributed by atoms with E-state index in [1.807, 2.05) is 20.8 Å². The first-order valence-electron chi connectivity index (χ1n) is 11.9. The standard InChI is InChI=1S/C24H33FN3O7P/c1-4-32-22-21(35-18-8-12-28(13-9-18)24(29)34-16(2)3)7-11-26-23(22)27-20-6-5-17(15-19(20)25)10-14-33-36(30)31/h5-7,11,15-16,18,30-31H,4,8-10,12-14H2,1-3H3,(H,26,27). The van der Waals surface area contributed by atoms with Crippen LogP contribution in [0.1, 0.15) is 39.2 Å². The van der Waals surface area contributed by atoms with E-state index < -0.39 is 14.4 Å². The van der Waals surface area contributed by atoms with Crippen molar-refractivity contribution in [3.63, 3.8) is 0 Å². The van der Waals surface area contributed by atoms with Crippen molar-refractivity contribution in [2.24, 2.45) is 0 Å². The van der Waals surface area contributed by atoms with Crippen molar-refractivity contribution < 1.29 is 37.7 Å². The fourth-order valence-electron chi connectivity index (χ4n) is 3.70. The van der Waals surface area contributed by atoms with Crippen LogP contribution in [-0.2, 0) is 15.7 Å². The van der Waals surface area contributed by atoms with Crippen molar-refractivity contribution in [1.29, 1.82) is 0 Å². The Labute approximate surface area is 211 Å². The zero-order valence-corrected chi connectivity index (χ0v) is 21.5. The first kappa shape index (κ1) is 27.9. The minimum Gasteiger partial charge on any atom is -0.487 e. The molecule has 0 atom stereocenters. The number of pyridine rings is 1. The average molecular weight is 526 g/mol. The third-order valence-corrected chi connectivity index (χ3v) is 5.79. The predicted octanol–water partition coefficient (Wildman–Crippen LogP) is 4.52. The fraction of sp³-hybridized carbons (Fsp3) is 0.500. The molecular formula is C24H33FN3O7P. The number of amides is 1. The number of halogens is 1. The van der Waals surface area contributed by atoms with E-state index in [9.17, 15) is 9.18 Å². The molecule has 0 radical (unpaired) electrons. The third kappa shape index (κ3) is 8.16. The lowest BCUT2D eigenvalue weighted by Gasteiger charge is -2.32. The van der Waals surface area contributed by atoms with E-state index in [0.29, 0.717) is 61.8 Å². The molecule has 1 saturated heterocycles. The maximum Gasteiger partial charge on any atom is 0.410 e. The summed E-state index contributed by atoms with van der Waals surface area (Å²) in [6.45, 7) is 6.95. The zero-order chi connectivity index (χ0) is 26.1. The van der Waals surface area contributed by atoms with Gasteiger partial charge in [-0.05, 0) is 44.9 Å². The molecule has 2 aromatic rings. The van der Waals surface area contributed by atoms with Gasteiger partial charge >= 0.3 is 14.7 Å². The summed E-state index contributed by atoms with van der Waals surface area (Å²) in [5, 5.41) is 2.98. The van der Waals surface area contributed by atoms with Crippen LogP contribution < -0.4 is 14.8 Å². The number of anilines is 2. The molecule has 3 rings (SSSR count). The minimum atomic E-state index is -2.43. The smallest absolute Gasteiger partial charge is 0.410 e. The van der Waals surface area contributed by atoms with E-state index in [1.165, 1.54) is 6.07 Å². The van der Waals surface area contributed by atoms with Gasteiger partial charge in [-0.25, -0.2) is 14.2 Å². The van der Waals surface area contributed by atoms with Gasteiger partial charge in [0.1, 0.15) is 11.9 Å². The van der Waals surface area contributed by atoms with Gasteiger partial charge in [0, 0.05) is 38.2 Å². The summed E-state index contributed by atoms with van der Waals surface area (Å²) >= 11 is 0. The van der Waals surface area contributed by atoms with Crippen LogP contribution >= 0.6 is 8.60 Å². The Bertz CT molecular complexity index is 1000. The normalized spacial score (nSPS) is 14.3. The number of aromatic nitrogens is 1. The lowest BCUT2D eigenvalue weighted by molar-refractivity contribution is 0.0509. The van der Waals surface area contributed by atoms with Crippen molar-refractivity contribution in [2.75, 3.05) is 31.6 Å². The Kier molecular flexibility index (Phi) is 10.5. The van der Waals surface area contributed by atoms with Gasteiger partial charge in [0.2, 0.25) is 5.75 Å². The molecule has 2 heterocycles. The summed E-state index contributed by atoms with van der Waals surface area (Å²) in [6, 6.07) is 6.33. The maximum absolute atomic E-state index is 14.8. The molecule has 1 aromatic carbocycles. The minimum absolute atomic E-state index is 0.0676. The quantitative estimate of drug-likeness (QED) is 0.363. The van der Waals surface area contributed by atoms with Crippen LogP contribution in [0.5, 0.6) is 11.5 Å². The molecule has 1 aliphatic heterocycles. The Morgan fingerprint density at radius 1 is 1.28 bits per heavy atom. The molecular weight excluding hydrogens is 492 g/mol. The average Bonchev–Trinajstić information content (AvgIpc) is 2.82. The van der Waals surface area contributed by atoms with Crippen LogP contribution in [0.2, 0.25) is 0 Å². The highest BCUT2D eigenvalue weighted by Crippen LogP contribution is 2.37. The Morgan fingerprint density at radius 3 is 2.67 bits per heavy atom. The first-order valence-corrected chi connectivity index (χ1v) is 13.0. The van der Waals surface area contributed by atoms with Gasteiger partial charge in [-0.3, -0.25) is 0 Å². The van der Waals surface area contributed by atoms with Crippen molar-refractivity contribution in [3.05, 3.63) is 41.8 Å². The fourth-order valence-corrected chi connectivity index (χ4v) is 3.95. The van der Waals surface area contributed by atoms with E-state index >= 15 is 0 Å². The van der Waals surface area contributed by atoms with Gasteiger partial charge in [-0.15, -0.1) is 0 Å². The number of ether oxygens (including phenoxy) is 3. The van der Waals surface area contributed by atoms with E-state index in [1.54, 1.807) is 29.3 Å². The second-order valence-corrected chi connectivity index (χ2v) is 9.20. The molecule has 0 aliphatic carbocycles. The van der Waals surface area contributed by atoms with Gasteiger partial charge in [0.05, 0.1) is 25.0 Å². The molecule has 1 fully saturated rings. The molecule has 1 amide bonds. The molecule has 1 aliphatic rings. The summed E-state index contributed by atoms with van der Waals surface area (Å²) in [7, 11) is -2.43. The number of carbonyl (C=O) groups is 1. The molecule has 12 heteroatoms. The van der Waals surface area contributed by atoms with E-state index in [-0.39, 0.29) is 30.6 Å². The monoisotopic (exact) mass is 525 g/mol. The van der Waals surface area contributed by atoms with Gasteiger partial charge in [-0.1, -0.05) is 6.07 Å². The largest absolute Gasteiger partial charge is 0.487 e. The summed E-state index contributed by atoms with van der Waals surface area (Å²) in [5.74, 6) is 0.668. The predicted molar refractivity (Wildman–Crippen MR) is 133 cm³/mol. The van der Waals surface area contributed by atoms with E-state index in [2.05, 4.69) is 10.3 Å². The number of hydrogen-bond acceptors (Lipinski definition) is 9. The molecule has 0 unspecified atom stereocenters. The number of benzene rings is 1. The summed E-state index contributed by atoms with van der Waals surface area (Å²) in [5.41, 5.74) is 0.849. The van der Waals surface area contributed by atoms with Crippen molar-refractivity contribution in [3.8, 4) is 11.5 Å². The second-order valence-electron chi connectivity index (χ2n) is 8.43. The topological polar surface area (TPSA) is 123 Å². The SMILES string of the molecule is CCOc1c(OC2CCN(C(=O)OC(C)C)CC2)ccnc1Nc1ccc(CCOP(O)O)cc1F. The Hall–Kier alpha value is -2.72. The molecule has 3 N–H and O–H groups in total. The highest BCUT2D eigenvalue weighted by atomic mass is 31.2. The number of hydrogen-bond donors (Lipinski definition) is 3. The lowest BCUT2D eigenvalue weighted by atomic mass is 10.1. The Balaban J connectivity index is 1.66. The number of rotatable bonds is 11. The molecule has 36 heavy (non-hydrogen) atoms. The highest BCUT2D eigenvalue weighted by molar-refractivity contribution is 7.39. The molecule has 1 aromatic heterocycles. The Morgan fingerprint density at radius 2 is 2.03 bits per heavy atom. The van der Waals surface area contributed by atoms with Crippen LogP contribution in [0.25, 0.3) is 0 Å². The van der Waals surface area contributed by atoms with Crippen molar-refractivity contribution in [1.82, 2.24) is 9.88 Å². The van der Waals surface area contributed by atoms with Crippen LogP contribution in [0.4, 0.5) is 20.7 Å². The number of piperidine rings is 1. The molecule has 0 bridgehead atoms. The van der Waals surface area contributed by atoms with Crippen molar-refractivity contribution in [2.45, 2.75) is 52.2 Å². The van der Waals surface area contributed by atoms with Gasteiger partial charge in [-0.2, -0.15) is 0 Å². The molecule has 0 saturated carbocycles. The van der Waals surface area contributed by atoms with E-state index in [0.717, 1.165) is 0 Å². The number of nitrogens with one attached hydrogen (secondary N) is 1. The zero-order valence-electron chi connectivity index (χ0n) is 20.6. The summed E-state index contributed by atoms with van der Waals surface area (Å²) in [6.07, 6.45) is 2.55. The molecule has 10 nitrogen and oxygen atoms in total. The third-order valence-electron chi connectivity index (χ3n) is 5.37. The number of likely N-dealkylation sites (tertiary alicyclic amines) is 1. The van der Waals surface area contributed by atoms with Gasteiger partial charge < -0.3 is 38.7 Å². The van der Waals surface area contributed by atoms with Crippen molar-refractivity contribution >= 4 is 26.2 Å². The lowest BCUT2D eigenvalue weighted by Crippen LogP contribution is -2.42. The summed E-state index contributed by atoms with van der Waals surface area (Å²) in [4.78, 5) is 35.7. The van der Waals surface area contributed by atoms with Gasteiger partial charge in [0.25, 0.3) is 0 Å². The summed E-state index contributed by atoms with van der Waals surface area (Å²) < 4.78 is 36.8. The van der Waals surface area contributed by atoms with E-state index in [4.69, 9.17) is 28.5 Å². The first-order chi connectivity index (χ1) is 17.3. The number of nitrogens with zero attached hydrogens (tertiary/aromatic N) is 2. The highest BCUT2D eigenvalue weighted by Gasteiger charge is 2.27. The molecule has 198 valence electrons.